The van der Waals surface area contributed by atoms with E-state index in [1.54, 1.807) is 7.05 Å². The summed E-state index contributed by atoms with van der Waals surface area (Å²) in [6.07, 6.45) is -1.12. The molecule has 8 heteroatoms. The highest BCUT2D eigenvalue weighted by Crippen LogP contribution is 2.16. The molecule has 0 radical (unpaired) electrons. The quantitative estimate of drug-likeness (QED) is 0.576. The molecule has 3 N–H and O–H groups in total. The second-order valence-electron chi connectivity index (χ2n) is 4.04. The Morgan fingerprint density at radius 3 is 2.68 bits per heavy atom. The van der Waals surface area contributed by atoms with Gasteiger partial charge in [0.05, 0.1) is 12.8 Å². The minimum Gasteiger partial charge on any atom is -0.463 e. The molecule has 1 aromatic rings. The maximum atomic E-state index is 11.3. The number of methoxy groups -OCH3 is 1. The number of esters is 1. The van der Waals surface area contributed by atoms with E-state index in [0.29, 0.717) is 0 Å². The summed E-state index contributed by atoms with van der Waals surface area (Å²) in [6, 6.07) is 0. The van der Waals surface area contributed by atoms with Crippen molar-refractivity contribution in [3.8, 4) is 0 Å². The molecule has 0 saturated carbocycles. The molecule has 0 aromatic carbocycles. The van der Waals surface area contributed by atoms with Crippen LogP contribution in [0.4, 0.5) is 0 Å². The second kappa shape index (κ2) is 6.30. The van der Waals surface area contributed by atoms with Gasteiger partial charge in [-0.05, 0) is 0 Å². The number of hydrogen-bond acceptors (Lipinski definition) is 6. The van der Waals surface area contributed by atoms with Crippen molar-refractivity contribution in [1.82, 2.24) is 14.9 Å². The van der Waals surface area contributed by atoms with Gasteiger partial charge in [0.15, 0.2) is 0 Å². The van der Waals surface area contributed by atoms with Crippen molar-refractivity contribution in [2.75, 3.05) is 13.7 Å². The first kappa shape index (κ1) is 15.1. The van der Waals surface area contributed by atoms with E-state index in [4.69, 9.17) is 0 Å². The summed E-state index contributed by atoms with van der Waals surface area (Å²) in [5.74, 6) is -0.942. The van der Waals surface area contributed by atoms with Crippen molar-refractivity contribution < 1.29 is 24.5 Å². The first-order chi connectivity index (χ1) is 8.86. The number of aryl methyl sites for hydroxylation is 1. The van der Waals surface area contributed by atoms with Crippen LogP contribution in [-0.2, 0) is 16.6 Å². The van der Waals surface area contributed by atoms with Gasteiger partial charge in [0, 0.05) is 26.7 Å². The van der Waals surface area contributed by atoms with Crippen LogP contribution >= 0.6 is 0 Å². The van der Waals surface area contributed by atoms with Gasteiger partial charge in [-0.3, -0.25) is 4.79 Å². The molecule has 1 rings (SSSR count). The molecule has 0 aliphatic heterocycles. The van der Waals surface area contributed by atoms with Crippen LogP contribution in [0.1, 0.15) is 29.3 Å². The van der Waals surface area contributed by atoms with Gasteiger partial charge in [0.25, 0.3) is 0 Å². The molecule has 2 unspecified atom stereocenters. The number of nitrogens with zero attached hydrogens (tertiary/aromatic N) is 2. The van der Waals surface area contributed by atoms with Crippen molar-refractivity contribution in [3.63, 3.8) is 0 Å². The van der Waals surface area contributed by atoms with E-state index < -0.39 is 18.2 Å². The summed E-state index contributed by atoms with van der Waals surface area (Å²) in [5, 5.41) is 21.9. The van der Waals surface area contributed by atoms with Gasteiger partial charge >= 0.3 is 5.97 Å². The van der Waals surface area contributed by atoms with E-state index in [1.165, 1.54) is 24.8 Å². The summed E-state index contributed by atoms with van der Waals surface area (Å²) in [4.78, 5) is 26.0. The number of ether oxygens (including phenoxy) is 1. The molecule has 0 aliphatic rings. The largest absolute Gasteiger partial charge is 0.463 e. The number of hydrogen-bond donors (Lipinski definition) is 3. The molecular weight excluding hydrogens is 254 g/mol. The Balaban J connectivity index is 2.79. The summed E-state index contributed by atoms with van der Waals surface area (Å²) in [7, 11) is 2.79. The van der Waals surface area contributed by atoms with Gasteiger partial charge in [0.1, 0.15) is 12.2 Å². The van der Waals surface area contributed by atoms with Crippen LogP contribution in [0.25, 0.3) is 0 Å². The van der Waals surface area contributed by atoms with E-state index in [-0.39, 0.29) is 24.0 Å². The van der Waals surface area contributed by atoms with E-state index in [0.717, 1.165) is 0 Å². The molecule has 1 heterocycles. The van der Waals surface area contributed by atoms with Crippen molar-refractivity contribution in [3.05, 3.63) is 17.7 Å². The first-order valence-corrected chi connectivity index (χ1v) is 5.59. The van der Waals surface area contributed by atoms with Crippen molar-refractivity contribution in [1.29, 1.82) is 0 Å². The standard InChI is InChI=1S/C11H17N3O5/c1-6(15)12-4-8(16)9(17)7-5-14(2)10(13-7)11(18)19-3/h5,8-9,16-17H,4H2,1-3H3,(H,12,15). The number of amides is 1. The topological polar surface area (TPSA) is 114 Å². The molecule has 1 amide bonds. The third kappa shape index (κ3) is 3.76. The molecule has 0 aliphatic carbocycles. The SMILES string of the molecule is COC(=O)c1nc(C(O)C(O)CNC(C)=O)cn1C. The fourth-order valence-corrected chi connectivity index (χ4v) is 1.47. The molecule has 1 aromatic heterocycles. The van der Waals surface area contributed by atoms with Gasteiger partial charge in [-0.1, -0.05) is 0 Å². The number of nitrogens with one attached hydrogen (secondary N) is 1. The second-order valence-corrected chi connectivity index (χ2v) is 4.04. The highest BCUT2D eigenvalue weighted by molar-refractivity contribution is 5.85. The van der Waals surface area contributed by atoms with Gasteiger partial charge < -0.3 is 24.8 Å². The van der Waals surface area contributed by atoms with Crippen LogP contribution in [0.15, 0.2) is 6.20 Å². The maximum Gasteiger partial charge on any atom is 0.374 e. The zero-order chi connectivity index (χ0) is 14.6. The number of aliphatic hydroxyl groups excluding tert-OH is 2. The lowest BCUT2D eigenvalue weighted by atomic mass is 10.1. The average Bonchev–Trinajstić information content (AvgIpc) is 2.76. The molecule has 0 bridgehead atoms. The van der Waals surface area contributed by atoms with Gasteiger partial charge in [0.2, 0.25) is 11.7 Å². The molecule has 8 nitrogen and oxygen atoms in total. The van der Waals surface area contributed by atoms with Crippen LogP contribution in [0, 0.1) is 0 Å². The van der Waals surface area contributed by atoms with E-state index in [9.17, 15) is 19.8 Å². The van der Waals surface area contributed by atoms with Crippen molar-refractivity contribution in [2.24, 2.45) is 7.05 Å². The summed E-state index contributed by atoms with van der Waals surface area (Å²) >= 11 is 0. The molecular formula is C11H17N3O5. The number of imidazole rings is 1. The van der Waals surface area contributed by atoms with Crippen LogP contribution < -0.4 is 5.32 Å². The Hall–Kier alpha value is -1.93. The Bertz CT molecular complexity index is 471. The van der Waals surface area contributed by atoms with Gasteiger partial charge in [-0.2, -0.15) is 0 Å². The van der Waals surface area contributed by atoms with Crippen LogP contribution in [-0.4, -0.2) is 51.4 Å². The third-order valence-corrected chi connectivity index (χ3v) is 2.49. The first-order valence-electron chi connectivity index (χ1n) is 5.59. The summed E-state index contributed by atoms with van der Waals surface area (Å²) in [6.45, 7) is 1.19. The van der Waals surface area contributed by atoms with E-state index in [1.807, 2.05) is 0 Å². The normalized spacial score (nSPS) is 13.7. The lowest BCUT2D eigenvalue weighted by Crippen LogP contribution is -2.34. The number of aliphatic hydroxyl groups is 2. The van der Waals surface area contributed by atoms with Crippen LogP contribution in [0.5, 0.6) is 0 Å². The summed E-state index contributed by atoms with van der Waals surface area (Å²) < 4.78 is 5.91. The number of carbonyl (C=O) groups excluding carboxylic acids is 2. The number of aromatic nitrogens is 2. The zero-order valence-corrected chi connectivity index (χ0v) is 11.0. The number of rotatable bonds is 5. The van der Waals surface area contributed by atoms with E-state index in [2.05, 4.69) is 15.0 Å². The maximum absolute atomic E-state index is 11.3. The highest BCUT2D eigenvalue weighted by atomic mass is 16.5. The fraction of sp³-hybridized carbons (Fsp3) is 0.545. The minimum atomic E-state index is -1.31. The predicted octanol–water partition coefficient (Wildman–Crippen LogP) is -1.26. The molecule has 19 heavy (non-hydrogen) atoms. The monoisotopic (exact) mass is 271 g/mol. The lowest BCUT2D eigenvalue weighted by Gasteiger charge is -2.15. The van der Waals surface area contributed by atoms with Gasteiger partial charge in [-0.15, -0.1) is 0 Å². The Morgan fingerprint density at radius 1 is 1.53 bits per heavy atom. The highest BCUT2D eigenvalue weighted by Gasteiger charge is 2.24. The van der Waals surface area contributed by atoms with E-state index >= 15 is 0 Å². The molecule has 106 valence electrons. The molecule has 0 fully saturated rings. The minimum absolute atomic E-state index is 0.0169. The number of carbonyl (C=O) groups is 2. The fourth-order valence-electron chi connectivity index (χ4n) is 1.47. The zero-order valence-electron chi connectivity index (χ0n) is 11.0. The summed E-state index contributed by atoms with van der Waals surface area (Å²) in [5.41, 5.74) is 0.126. The Kier molecular flexibility index (Phi) is 5.02. The molecule has 0 spiro atoms. The molecule has 0 saturated heterocycles. The average molecular weight is 271 g/mol. The van der Waals surface area contributed by atoms with Crippen LogP contribution in [0.2, 0.25) is 0 Å². The third-order valence-electron chi connectivity index (χ3n) is 2.49. The Morgan fingerprint density at radius 2 is 2.16 bits per heavy atom. The van der Waals surface area contributed by atoms with Crippen molar-refractivity contribution >= 4 is 11.9 Å². The van der Waals surface area contributed by atoms with Gasteiger partial charge in [-0.25, -0.2) is 9.78 Å². The van der Waals surface area contributed by atoms with Crippen LogP contribution in [0.3, 0.4) is 0 Å². The van der Waals surface area contributed by atoms with Crippen molar-refractivity contribution in [2.45, 2.75) is 19.1 Å². The Labute approximate surface area is 110 Å². The smallest absolute Gasteiger partial charge is 0.374 e. The predicted molar refractivity (Wildman–Crippen MR) is 64.2 cm³/mol. The lowest BCUT2D eigenvalue weighted by molar-refractivity contribution is -0.119. The molecule has 2 atom stereocenters.